The van der Waals surface area contributed by atoms with Gasteiger partial charge in [-0.2, -0.15) is 5.26 Å². The lowest BCUT2D eigenvalue weighted by Crippen LogP contribution is -2.08. The first-order valence-corrected chi connectivity index (χ1v) is 6.15. The molecule has 0 fully saturated rings. The van der Waals surface area contributed by atoms with Gasteiger partial charge in [0, 0.05) is 5.69 Å². The van der Waals surface area contributed by atoms with Crippen LogP contribution in [-0.4, -0.2) is 9.55 Å². The smallest absolute Gasteiger partial charge is 0.101 e. The van der Waals surface area contributed by atoms with Crippen LogP contribution < -0.4 is 5.73 Å². The largest absolute Gasteiger partial charge is 0.396 e. The lowest BCUT2D eigenvalue weighted by atomic mass is 10.0. The number of fused-ring (bicyclic) bond motifs is 1. The van der Waals surface area contributed by atoms with E-state index in [1.807, 2.05) is 23.0 Å². The van der Waals surface area contributed by atoms with E-state index in [0.29, 0.717) is 11.3 Å². The molecule has 0 unspecified atom stereocenters. The number of anilines is 1. The number of aryl methyl sites for hydroxylation is 1. The SMILES string of the molecule is N#Cc1cccc(-n2cnc3c2CCCC3)c1N. The van der Waals surface area contributed by atoms with Crippen LogP contribution in [0.2, 0.25) is 0 Å². The Morgan fingerprint density at radius 1 is 1.28 bits per heavy atom. The highest BCUT2D eigenvalue weighted by molar-refractivity contribution is 5.67. The van der Waals surface area contributed by atoms with Crippen LogP contribution >= 0.6 is 0 Å². The molecule has 0 aliphatic heterocycles. The number of nitrogen functional groups attached to an aromatic ring is 1. The molecule has 2 aromatic rings. The van der Waals surface area contributed by atoms with Gasteiger partial charge in [0.2, 0.25) is 0 Å². The number of nitrogens with two attached hydrogens (primary N) is 1. The van der Waals surface area contributed by atoms with Gasteiger partial charge in [0.1, 0.15) is 6.07 Å². The van der Waals surface area contributed by atoms with Gasteiger partial charge in [-0.05, 0) is 37.8 Å². The predicted octanol–water partition coefficient (Wildman–Crippen LogP) is 2.20. The highest BCUT2D eigenvalue weighted by Gasteiger charge is 2.17. The van der Waals surface area contributed by atoms with Gasteiger partial charge in [-0.25, -0.2) is 4.98 Å². The van der Waals surface area contributed by atoms with E-state index in [2.05, 4.69) is 11.1 Å². The number of imidazole rings is 1. The third-order valence-electron chi connectivity index (χ3n) is 3.49. The summed E-state index contributed by atoms with van der Waals surface area (Å²) in [4.78, 5) is 4.45. The van der Waals surface area contributed by atoms with Crippen LogP contribution in [0.5, 0.6) is 0 Å². The van der Waals surface area contributed by atoms with Crippen LogP contribution in [0.15, 0.2) is 24.5 Å². The fourth-order valence-corrected chi connectivity index (χ4v) is 2.54. The van der Waals surface area contributed by atoms with Crippen LogP contribution in [0, 0.1) is 11.3 Å². The molecule has 0 spiro atoms. The third-order valence-corrected chi connectivity index (χ3v) is 3.49. The molecule has 0 saturated heterocycles. The van der Waals surface area contributed by atoms with Crippen molar-refractivity contribution in [3.63, 3.8) is 0 Å². The molecule has 2 N–H and O–H groups in total. The third kappa shape index (κ3) is 1.56. The maximum atomic E-state index is 9.02. The van der Waals surface area contributed by atoms with E-state index in [4.69, 9.17) is 11.0 Å². The molecular formula is C14H14N4. The van der Waals surface area contributed by atoms with Crippen molar-refractivity contribution < 1.29 is 0 Å². The Bertz CT molecular complexity index is 634. The van der Waals surface area contributed by atoms with Crippen LogP contribution in [0.25, 0.3) is 5.69 Å². The molecule has 4 heteroatoms. The Balaban J connectivity index is 2.16. The van der Waals surface area contributed by atoms with Crippen LogP contribution in [0.1, 0.15) is 29.8 Å². The summed E-state index contributed by atoms with van der Waals surface area (Å²) >= 11 is 0. The number of aromatic nitrogens is 2. The molecule has 0 saturated carbocycles. The number of nitrogens with zero attached hydrogens (tertiary/aromatic N) is 3. The second-order valence-electron chi connectivity index (χ2n) is 4.57. The molecule has 1 aliphatic rings. The van der Waals surface area contributed by atoms with Crippen molar-refractivity contribution in [1.29, 1.82) is 5.26 Å². The minimum absolute atomic E-state index is 0.519. The Kier molecular flexibility index (Phi) is 2.52. The van der Waals surface area contributed by atoms with Crippen LogP contribution in [0.3, 0.4) is 0 Å². The summed E-state index contributed by atoms with van der Waals surface area (Å²) in [6.07, 6.45) is 6.29. The second kappa shape index (κ2) is 4.19. The van der Waals surface area contributed by atoms with E-state index in [9.17, 15) is 0 Å². The van der Waals surface area contributed by atoms with Crippen molar-refractivity contribution >= 4 is 5.69 Å². The van der Waals surface area contributed by atoms with Gasteiger partial charge in [-0.15, -0.1) is 0 Å². The van der Waals surface area contributed by atoms with Gasteiger partial charge in [0.15, 0.2) is 0 Å². The van der Waals surface area contributed by atoms with Gasteiger partial charge in [-0.1, -0.05) is 6.07 Å². The molecule has 3 rings (SSSR count). The highest BCUT2D eigenvalue weighted by atomic mass is 15.1. The van der Waals surface area contributed by atoms with Crippen molar-refractivity contribution in [2.45, 2.75) is 25.7 Å². The van der Waals surface area contributed by atoms with Gasteiger partial charge in [0.05, 0.1) is 29.0 Å². The van der Waals surface area contributed by atoms with Gasteiger partial charge >= 0.3 is 0 Å². The Hall–Kier alpha value is -2.28. The van der Waals surface area contributed by atoms with E-state index < -0.39 is 0 Å². The average Bonchev–Trinajstić information content (AvgIpc) is 2.83. The Morgan fingerprint density at radius 3 is 2.94 bits per heavy atom. The van der Waals surface area contributed by atoms with Crippen molar-refractivity contribution in [2.75, 3.05) is 5.73 Å². The summed E-state index contributed by atoms with van der Waals surface area (Å²) in [6.45, 7) is 0. The van der Waals surface area contributed by atoms with E-state index >= 15 is 0 Å². The zero-order chi connectivity index (χ0) is 12.5. The van der Waals surface area contributed by atoms with Gasteiger partial charge in [-0.3, -0.25) is 0 Å². The molecule has 0 radical (unpaired) electrons. The normalized spacial score (nSPS) is 13.9. The number of hydrogen-bond acceptors (Lipinski definition) is 3. The molecule has 4 nitrogen and oxygen atoms in total. The first-order valence-electron chi connectivity index (χ1n) is 6.15. The fourth-order valence-electron chi connectivity index (χ4n) is 2.54. The lowest BCUT2D eigenvalue weighted by molar-refractivity contribution is 0.656. The topological polar surface area (TPSA) is 67.6 Å². The average molecular weight is 238 g/mol. The van der Waals surface area contributed by atoms with Crippen LogP contribution in [-0.2, 0) is 12.8 Å². The lowest BCUT2D eigenvalue weighted by Gasteiger charge is -2.15. The number of para-hydroxylation sites is 1. The van der Waals surface area contributed by atoms with Crippen molar-refractivity contribution in [1.82, 2.24) is 9.55 Å². The summed E-state index contributed by atoms with van der Waals surface area (Å²) < 4.78 is 2.03. The van der Waals surface area contributed by atoms with E-state index in [1.54, 1.807) is 6.07 Å². The minimum atomic E-state index is 0.519. The van der Waals surface area contributed by atoms with Gasteiger partial charge < -0.3 is 10.3 Å². The number of nitriles is 1. The van der Waals surface area contributed by atoms with Crippen molar-refractivity contribution in [2.24, 2.45) is 0 Å². The fraction of sp³-hybridized carbons (Fsp3) is 0.286. The molecule has 90 valence electrons. The van der Waals surface area contributed by atoms with E-state index in [0.717, 1.165) is 18.5 Å². The molecular weight excluding hydrogens is 224 g/mol. The first kappa shape index (κ1) is 10.8. The standard InChI is InChI=1S/C14H14N4/c15-8-10-4-3-7-13(14(10)16)18-9-17-11-5-1-2-6-12(11)18/h3-4,7,9H,1-2,5-6,16H2. The zero-order valence-corrected chi connectivity index (χ0v) is 10.1. The number of rotatable bonds is 1. The van der Waals surface area contributed by atoms with E-state index in [-0.39, 0.29) is 0 Å². The van der Waals surface area contributed by atoms with Crippen molar-refractivity contribution in [3.05, 3.63) is 41.5 Å². The minimum Gasteiger partial charge on any atom is -0.396 e. The summed E-state index contributed by atoms with van der Waals surface area (Å²) in [6, 6.07) is 7.66. The molecule has 1 heterocycles. The van der Waals surface area contributed by atoms with Crippen LogP contribution in [0.4, 0.5) is 5.69 Å². The summed E-state index contributed by atoms with van der Waals surface area (Å²) in [5, 5.41) is 9.02. The molecule has 1 aliphatic carbocycles. The predicted molar refractivity (Wildman–Crippen MR) is 69.3 cm³/mol. The number of benzene rings is 1. The van der Waals surface area contributed by atoms with E-state index in [1.165, 1.54) is 24.2 Å². The maximum Gasteiger partial charge on any atom is 0.101 e. The molecule has 1 aromatic carbocycles. The molecule has 0 amide bonds. The van der Waals surface area contributed by atoms with Gasteiger partial charge in [0.25, 0.3) is 0 Å². The molecule has 1 aromatic heterocycles. The number of hydrogen-bond donors (Lipinski definition) is 1. The van der Waals surface area contributed by atoms with Crippen molar-refractivity contribution in [3.8, 4) is 11.8 Å². The summed E-state index contributed by atoms with van der Waals surface area (Å²) in [5.74, 6) is 0. The highest BCUT2D eigenvalue weighted by Crippen LogP contribution is 2.27. The molecule has 18 heavy (non-hydrogen) atoms. The Labute approximate surface area is 106 Å². The first-order chi connectivity index (χ1) is 8.81. The molecule has 0 atom stereocenters. The Morgan fingerprint density at radius 2 is 2.11 bits per heavy atom. The zero-order valence-electron chi connectivity index (χ0n) is 10.1. The summed E-state index contributed by atoms with van der Waals surface area (Å²) in [5.41, 5.74) is 10.4. The quantitative estimate of drug-likeness (QED) is 0.774. The maximum absolute atomic E-state index is 9.02. The second-order valence-corrected chi connectivity index (χ2v) is 4.57. The monoisotopic (exact) mass is 238 g/mol. The molecule has 0 bridgehead atoms. The summed E-state index contributed by atoms with van der Waals surface area (Å²) in [7, 11) is 0.